The minimum absolute atomic E-state index is 0.858. The van der Waals surface area contributed by atoms with Crippen LogP contribution in [0, 0.1) is 11.8 Å². The molecule has 0 radical (unpaired) electrons. The van der Waals surface area contributed by atoms with Crippen molar-refractivity contribution in [1.29, 1.82) is 0 Å². The number of piperidine rings is 1. The van der Waals surface area contributed by atoms with E-state index in [0.717, 1.165) is 37.1 Å². The summed E-state index contributed by atoms with van der Waals surface area (Å²) in [6.07, 6.45) is 8.41. The SMILES string of the molecule is C1CC(C2CCC3CCC2N3)CCO1. The molecule has 3 rings (SSSR count). The molecule has 0 amide bonds. The fourth-order valence-corrected chi connectivity index (χ4v) is 3.72. The van der Waals surface area contributed by atoms with Gasteiger partial charge in [-0.2, -0.15) is 0 Å². The van der Waals surface area contributed by atoms with Gasteiger partial charge in [0.1, 0.15) is 0 Å². The highest BCUT2D eigenvalue weighted by Crippen LogP contribution is 2.38. The highest BCUT2D eigenvalue weighted by molar-refractivity contribution is 4.95. The fraction of sp³-hybridized carbons (Fsp3) is 1.00. The van der Waals surface area contributed by atoms with Crippen molar-refractivity contribution >= 4 is 0 Å². The lowest BCUT2D eigenvalue weighted by atomic mass is 9.77. The van der Waals surface area contributed by atoms with Crippen LogP contribution in [-0.2, 0) is 4.74 Å². The van der Waals surface area contributed by atoms with E-state index in [9.17, 15) is 0 Å². The highest BCUT2D eigenvalue weighted by atomic mass is 16.5. The van der Waals surface area contributed by atoms with Crippen molar-refractivity contribution in [2.75, 3.05) is 13.2 Å². The van der Waals surface area contributed by atoms with Crippen LogP contribution in [0.5, 0.6) is 0 Å². The zero-order chi connectivity index (χ0) is 9.38. The Hall–Kier alpha value is -0.0800. The molecular formula is C12H21NO. The van der Waals surface area contributed by atoms with Crippen LogP contribution in [0.4, 0.5) is 0 Å². The normalized spacial score (nSPS) is 44.1. The maximum atomic E-state index is 5.45. The number of nitrogens with one attached hydrogen (secondary N) is 1. The van der Waals surface area contributed by atoms with E-state index in [0.29, 0.717) is 0 Å². The molecule has 80 valence electrons. The van der Waals surface area contributed by atoms with Crippen LogP contribution in [0.15, 0.2) is 0 Å². The molecule has 3 heterocycles. The van der Waals surface area contributed by atoms with Crippen molar-refractivity contribution in [3.8, 4) is 0 Å². The van der Waals surface area contributed by atoms with E-state index >= 15 is 0 Å². The van der Waals surface area contributed by atoms with Gasteiger partial charge >= 0.3 is 0 Å². The Balaban J connectivity index is 1.65. The summed E-state index contributed by atoms with van der Waals surface area (Å²) in [5.41, 5.74) is 0. The van der Waals surface area contributed by atoms with Crippen LogP contribution in [0.2, 0.25) is 0 Å². The molecule has 0 aromatic carbocycles. The Labute approximate surface area is 86.4 Å². The summed E-state index contributed by atoms with van der Waals surface area (Å²) in [4.78, 5) is 0. The maximum absolute atomic E-state index is 5.45. The third-order valence-corrected chi connectivity index (χ3v) is 4.51. The molecule has 3 saturated heterocycles. The quantitative estimate of drug-likeness (QED) is 0.690. The van der Waals surface area contributed by atoms with Crippen LogP contribution in [0.1, 0.15) is 38.5 Å². The Bertz CT molecular complexity index is 200. The smallest absolute Gasteiger partial charge is 0.0468 e. The van der Waals surface area contributed by atoms with Gasteiger partial charge in [0, 0.05) is 25.3 Å². The lowest BCUT2D eigenvalue weighted by Gasteiger charge is -2.37. The van der Waals surface area contributed by atoms with Crippen LogP contribution in [-0.4, -0.2) is 25.3 Å². The minimum Gasteiger partial charge on any atom is -0.381 e. The van der Waals surface area contributed by atoms with Crippen molar-refractivity contribution in [2.24, 2.45) is 11.8 Å². The number of fused-ring (bicyclic) bond motifs is 2. The van der Waals surface area contributed by atoms with Crippen LogP contribution in [0.25, 0.3) is 0 Å². The van der Waals surface area contributed by atoms with Gasteiger partial charge < -0.3 is 10.1 Å². The Kier molecular flexibility index (Phi) is 2.50. The summed E-state index contributed by atoms with van der Waals surface area (Å²) < 4.78 is 5.45. The lowest BCUT2D eigenvalue weighted by molar-refractivity contribution is 0.0333. The van der Waals surface area contributed by atoms with Crippen molar-refractivity contribution in [1.82, 2.24) is 5.32 Å². The lowest BCUT2D eigenvalue weighted by Crippen LogP contribution is -2.44. The summed E-state index contributed by atoms with van der Waals surface area (Å²) in [7, 11) is 0. The van der Waals surface area contributed by atoms with Gasteiger partial charge in [0.25, 0.3) is 0 Å². The summed E-state index contributed by atoms with van der Waals surface area (Å²) in [6.45, 7) is 2.02. The first-order valence-corrected chi connectivity index (χ1v) is 6.27. The first-order chi connectivity index (χ1) is 6.93. The summed E-state index contributed by atoms with van der Waals surface area (Å²) in [5, 5.41) is 3.80. The molecular weight excluding hydrogens is 174 g/mol. The van der Waals surface area contributed by atoms with Gasteiger partial charge in [0.15, 0.2) is 0 Å². The molecule has 0 spiro atoms. The zero-order valence-electron chi connectivity index (χ0n) is 8.87. The number of hydrogen-bond donors (Lipinski definition) is 1. The molecule has 3 aliphatic rings. The molecule has 2 heteroatoms. The number of rotatable bonds is 1. The summed E-state index contributed by atoms with van der Waals surface area (Å²) >= 11 is 0. The molecule has 0 aromatic heterocycles. The van der Waals surface area contributed by atoms with E-state index in [1.165, 1.54) is 38.5 Å². The van der Waals surface area contributed by atoms with Crippen molar-refractivity contribution in [3.63, 3.8) is 0 Å². The predicted molar refractivity (Wildman–Crippen MR) is 56.2 cm³/mol. The third-order valence-electron chi connectivity index (χ3n) is 4.51. The maximum Gasteiger partial charge on any atom is 0.0468 e. The summed E-state index contributed by atoms with van der Waals surface area (Å²) in [5.74, 6) is 1.93. The van der Waals surface area contributed by atoms with Crippen LogP contribution < -0.4 is 5.32 Å². The van der Waals surface area contributed by atoms with Gasteiger partial charge in [-0.25, -0.2) is 0 Å². The van der Waals surface area contributed by atoms with Crippen LogP contribution >= 0.6 is 0 Å². The molecule has 0 aliphatic carbocycles. The topological polar surface area (TPSA) is 21.3 Å². The van der Waals surface area contributed by atoms with Gasteiger partial charge in [-0.15, -0.1) is 0 Å². The first-order valence-electron chi connectivity index (χ1n) is 6.27. The second kappa shape index (κ2) is 3.82. The van der Waals surface area contributed by atoms with Crippen LogP contribution in [0.3, 0.4) is 0 Å². The van der Waals surface area contributed by atoms with Gasteiger partial charge in [0.2, 0.25) is 0 Å². The van der Waals surface area contributed by atoms with Crippen molar-refractivity contribution < 1.29 is 4.74 Å². The molecule has 3 fully saturated rings. The van der Waals surface area contributed by atoms with E-state index < -0.39 is 0 Å². The Morgan fingerprint density at radius 1 is 0.857 bits per heavy atom. The average molecular weight is 195 g/mol. The van der Waals surface area contributed by atoms with Crippen molar-refractivity contribution in [2.45, 2.75) is 50.6 Å². The molecule has 0 aromatic rings. The van der Waals surface area contributed by atoms with E-state index in [1.807, 2.05) is 0 Å². The minimum atomic E-state index is 0.858. The van der Waals surface area contributed by atoms with E-state index in [-0.39, 0.29) is 0 Å². The molecule has 2 bridgehead atoms. The third kappa shape index (κ3) is 1.59. The monoisotopic (exact) mass is 195 g/mol. The second-order valence-electron chi connectivity index (χ2n) is 5.24. The molecule has 1 N–H and O–H groups in total. The van der Waals surface area contributed by atoms with E-state index in [2.05, 4.69) is 5.32 Å². The zero-order valence-corrected chi connectivity index (χ0v) is 8.87. The molecule has 3 aliphatic heterocycles. The molecule has 2 nitrogen and oxygen atoms in total. The van der Waals surface area contributed by atoms with Gasteiger partial charge in [-0.1, -0.05) is 0 Å². The Morgan fingerprint density at radius 3 is 2.50 bits per heavy atom. The Morgan fingerprint density at radius 2 is 1.64 bits per heavy atom. The van der Waals surface area contributed by atoms with Gasteiger partial charge in [0.05, 0.1) is 0 Å². The van der Waals surface area contributed by atoms with E-state index in [1.54, 1.807) is 0 Å². The average Bonchev–Trinajstić information content (AvgIpc) is 2.62. The summed E-state index contributed by atoms with van der Waals surface area (Å²) in [6, 6.07) is 1.73. The molecule has 3 unspecified atom stereocenters. The standard InChI is InChI=1S/C12H21NO/c1-3-11(9-5-7-14-8-6-9)12-4-2-10(1)13-12/h9-13H,1-8H2. The van der Waals surface area contributed by atoms with Gasteiger partial charge in [-0.3, -0.25) is 0 Å². The highest BCUT2D eigenvalue weighted by Gasteiger charge is 2.39. The van der Waals surface area contributed by atoms with Crippen molar-refractivity contribution in [3.05, 3.63) is 0 Å². The second-order valence-corrected chi connectivity index (χ2v) is 5.24. The largest absolute Gasteiger partial charge is 0.381 e. The van der Waals surface area contributed by atoms with Gasteiger partial charge in [-0.05, 0) is 50.4 Å². The molecule has 3 atom stereocenters. The number of hydrogen-bond acceptors (Lipinski definition) is 2. The predicted octanol–water partition coefficient (Wildman–Crippen LogP) is 1.94. The molecule has 14 heavy (non-hydrogen) atoms. The van der Waals surface area contributed by atoms with E-state index in [4.69, 9.17) is 4.74 Å². The molecule has 0 saturated carbocycles. The fourth-order valence-electron chi connectivity index (χ4n) is 3.72. The first kappa shape index (κ1) is 9.17. The number of ether oxygens (including phenoxy) is 1.